The van der Waals surface area contributed by atoms with Gasteiger partial charge in [0.05, 0.1) is 5.54 Å². The minimum absolute atomic E-state index is 0.438. The number of nitrogens with two attached hydrogens (primary N) is 1. The Kier molecular flexibility index (Phi) is 3.16. The van der Waals surface area contributed by atoms with Gasteiger partial charge in [-0.2, -0.15) is 0 Å². The summed E-state index contributed by atoms with van der Waals surface area (Å²) in [5.74, 6) is 0. The summed E-state index contributed by atoms with van der Waals surface area (Å²) in [6.07, 6.45) is 0. The summed E-state index contributed by atoms with van der Waals surface area (Å²) < 4.78 is 1.01. The molecule has 0 aliphatic carbocycles. The Morgan fingerprint density at radius 1 is 1.36 bits per heavy atom. The van der Waals surface area contributed by atoms with Gasteiger partial charge < -0.3 is 11.1 Å². The zero-order valence-corrected chi connectivity index (χ0v) is 9.76. The molecule has 0 saturated heterocycles. The van der Waals surface area contributed by atoms with Gasteiger partial charge in [0.15, 0.2) is 0 Å². The Labute approximate surface area is 91.8 Å². The Bertz CT molecular complexity index is 332. The van der Waals surface area contributed by atoms with Gasteiger partial charge in [0.1, 0.15) is 0 Å². The zero-order chi connectivity index (χ0) is 10.8. The first-order valence-corrected chi connectivity index (χ1v) is 5.05. The van der Waals surface area contributed by atoms with E-state index in [1.165, 1.54) is 0 Å². The van der Waals surface area contributed by atoms with Crippen molar-refractivity contribution in [1.82, 2.24) is 5.32 Å². The number of hydrogen-bond donors (Lipinski definition) is 2. The van der Waals surface area contributed by atoms with Crippen LogP contribution in [0.4, 0.5) is 4.79 Å². The number of urea groups is 1. The molecule has 0 fully saturated rings. The summed E-state index contributed by atoms with van der Waals surface area (Å²) in [7, 11) is 0. The van der Waals surface area contributed by atoms with Crippen LogP contribution in [0.25, 0.3) is 0 Å². The minimum atomic E-state index is -0.516. The molecule has 0 unspecified atom stereocenters. The van der Waals surface area contributed by atoms with Crippen molar-refractivity contribution in [2.75, 3.05) is 0 Å². The lowest BCUT2D eigenvalue weighted by atomic mass is 9.95. The topological polar surface area (TPSA) is 55.1 Å². The van der Waals surface area contributed by atoms with E-state index in [1.54, 1.807) is 0 Å². The Balaban J connectivity index is 2.91. The van der Waals surface area contributed by atoms with Crippen molar-refractivity contribution in [3.8, 4) is 0 Å². The maximum Gasteiger partial charge on any atom is 0.312 e. The van der Waals surface area contributed by atoms with E-state index in [0.29, 0.717) is 0 Å². The molecular weight excluding hydrogens is 244 g/mol. The van der Waals surface area contributed by atoms with Crippen molar-refractivity contribution < 1.29 is 4.79 Å². The van der Waals surface area contributed by atoms with E-state index >= 15 is 0 Å². The van der Waals surface area contributed by atoms with Crippen LogP contribution < -0.4 is 11.1 Å². The second-order valence-corrected chi connectivity index (χ2v) is 4.54. The van der Waals surface area contributed by atoms with E-state index in [4.69, 9.17) is 5.73 Å². The summed E-state index contributed by atoms with van der Waals surface area (Å²) in [5.41, 5.74) is 5.66. The number of benzene rings is 1. The molecule has 1 aromatic rings. The maximum atomic E-state index is 10.8. The van der Waals surface area contributed by atoms with Gasteiger partial charge >= 0.3 is 6.03 Å². The number of primary amides is 1. The van der Waals surface area contributed by atoms with Crippen molar-refractivity contribution in [3.63, 3.8) is 0 Å². The van der Waals surface area contributed by atoms with Gasteiger partial charge in [0, 0.05) is 4.47 Å². The van der Waals surface area contributed by atoms with Crippen molar-refractivity contribution in [2.45, 2.75) is 19.4 Å². The van der Waals surface area contributed by atoms with E-state index < -0.39 is 11.6 Å². The molecule has 0 aromatic heterocycles. The normalized spacial score (nSPS) is 11.1. The molecule has 0 atom stereocenters. The van der Waals surface area contributed by atoms with E-state index in [-0.39, 0.29) is 0 Å². The van der Waals surface area contributed by atoms with E-state index in [1.807, 2.05) is 38.1 Å². The summed E-state index contributed by atoms with van der Waals surface area (Å²) in [4.78, 5) is 10.8. The largest absolute Gasteiger partial charge is 0.352 e. The molecule has 0 aliphatic rings. The summed E-state index contributed by atoms with van der Waals surface area (Å²) >= 11 is 3.35. The number of rotatable bonds is 2. The van der Waals surface area contributed by atoms with Crippen molar-refractivity contribution in [2.24, 2.45) is 5.73 Å². The lowest BCUT2D eigenvalue weighted by Crippen LogP contribution is -2.43. The highest BCUT2D eigenvalue weighted by atomic mass is 79.9. The fraction of sp³-hybridized carbons (Fsp3) is 0.300. The molecule has 0 saturated carbocycles. The number of carbonyl (C=O) groups excluding carboxylic acids is 1. The molecule has 1 aromatic carbocycles. The second kappa shape index (κ2) is 4.00. The number of hydrogen-bond acceptors (Lipinski definition) is 1. The van der Waals surface area contributed by atoms with E-state index in [0.717, 1.165) is 10.0 Å². The van der Waals surface area contributed by atoms with Crippen LogP contribution in [0.2, 0.25) is 0 Å². The van der Waals surface area contributed by atoms with Crippen molar-refractivity contribution >= 4 is 22.0 Å². The van der Waals surface area contributed by atoms with Crippen LogP contribution in [0, 0.1) is 0 Å². The Hall–Kier alpha value is -1.03. The van der Waals surface area contributed by atoms with Gasteiger partial charge in [0.2, 0.25) is 0 Å². The minimum Gasteiger partial charge on any atom is -0.352 e. The standard InChI is InChI=1S/C10H13BrN2O/c1-10(2,13-9(12)14)7-3-5-8(11)6-4-7/h3-6H,1-2H3,(H3,12,13,14). The number of nitrogens with one attached hydrogen (secondary N) is 1. The number of halogens is 1. The molecule has 76 valence electrons. The first-order chi connectivity index (χ1) is 6.42. The first kappa shape index (κ1) is 11.0. The highest BCUT2D eigenvalue weighted by Gasteiger charge is 2.21. The lowest BCUT2D eigenvalue weighted by molar-refractivity contribution is 0.238. The molecule has 3 nitrogen and oxygen atoms in total. The molecule has 0 bridgehead atoms. The highest BCUT2D eigenvalue weighted by Crippen LogP contribution is 2.21. The van der Waals surface area contributed by atoms with Crippen molar-refractivity contribution in [1.29, 1.82) is 0 Å². The van der Waals surface area contributed by atoms with Gasteiger partial charge in [-0.3, -0.25) is 0 Å². The zero-order valence-electron chi connectivity index (χ0n) is 8.17. The predicted molar refractivity (Wildman–Crippen MR) is 59.9 cm³/mol. The second-order valence-electron chi connectivity index (χ2n) is 3.62. The van der Waals surface area contributed by atoms with Crippen LogP contribution in [0.3, 0.4) is 0 Å². The van der Waals surface area contributed by atoms with Crippen molar-refractivity contribution in [3.05, 3.63) is 34.3 Å². The fourth-order valence-corrected chi connectivity index (χ4v) is 1.51. The smallest absolute Gasteiger partial charge is 0.312 e. The third-order valence-electron chi connectivity index (χ3n) is 2.00. The van der Waals surface area contributed by atoms with Gasteiger partial charge in [-0.1, -0.05) is 28.1 Å². The molecule has 4 heteroatoms. The Morgan fingerprint density at radius 3 is 2.29 bits per heavy atom. The molecule has 0 aliphatic heterocycles. The predicted octanol–water partition coefficient (Wildman–Crippen LogP) is 2.35. The average molecular weight is 257 g/mol. The van der Waals surface area contributed by atoms with Crippen LogP contribution in [-0.2, 0) is 5.54 Å². The molecule has 1 rings (SSSR count). The molecule has 3 N–H and O–H groups in total. The SMILES string of the molecule is CC(C)(NC(N)=O)c1ccc(Br)cc1. The quantitative estimate of drug-likeness (QED) is 0.839. The third-order valence-corrected chi connectivity index (χ3v) is 2.53. The highest BCUT2D eigenvalue weighted by molar-refractivity contribution is 9.10. The number of amides is 2. The molecule has 14 heavy (non-hydrogen) atoms. The van der Waals surface area contributed by atoms with Crippen LogP contribution in [0.1, 0.15) is 19.4 Å². The first-order valence-electron chi connectivity index (χ1n) is 4.25. The van der Waals surface area contributed by atoms with Gasteiger partial charge in [-0.15, -0.1) is 0 Å². The molecule has 0 heterocycles. The van der Waals surface area contributed by atoms with E-state index in [9.17, 15) is 4.79 Å². The monoisotopic (exact) mass is 256 g/mol. The average Bonchev–Trinajstić information content (AvgIpc) is 2.02. The molecule has 0 radical (unpaired) electrons. The molecule has 2 amide bonds. The molecule has 0 spiro atoms. The maximum absolute atomic E-state index is 10.8. The van der Waals surface area contributed by atoms with E-state index in [2.05, 4.69) is 21.2 Å². The van der Waals surface area contributed by atoms with Crippen LogP contribution in [0.15, 0.2) is 28.7 Å². The fourth-order valence-electron chi connectivity index (χ4n) is 1.25. The van der Waals surface area contributed by atoms with Crippen LogP contribution in [0.5, 0.6) is 0 Å². The summed E-state index contributed by atoms with van der Waals surface area (Å²) in [5, 5.41) is 2.68. The summed E-state index contributed by atoms with van der Waals surface area (Å²) in [6.45, 7) is 3.81. The molecular formula is C10H13BrN2O. The van der Waals surface area contributed by atoms with Gasteiger partial charge in [-0.05, 0) is 31.5 Å². The number of carbonyl (C=O) groups is 1. The van der Waals surface area contributed by atoms with Crippen LogP contribution >= 0.6 is 15.9 Å². The third kappa shape index (κ3) is 2.73. The van der Waals surface area contributed by atoms with Crippen LogP contribution in [-0.4, -0.2) is 6.03 Å². The summed E-state index contributed by atoms with van der Waals surface area (Å²) in [6, 6.07) is 7.23. The Morgan fingerprint density at radius 2 is 1.86 bits per heavy atom. The van der Waals surface area contributed by atoms with Gasteiger partial charge in [-0.25, -0.2) is 4.79 Å². The lowest BCUT2D eigenvalue weighted by Gasteiger charge is -2.25. The van der Waals surface area contributed by atoms with Gasteiger partial charge in [0.25, 0.3) is 0 Å².